The number of hydrogen-bond donors (Lipinski definition) is 1. The standard InChI is InChI=1S/C13H18N2OS2/c1-12(2)3-5-17-9-13(12,16)7-10-8-15-4-6-18-11(15)14-10/h4,6,8,16H,3,5,7,9H2,1-2H3. The van der Waals surface area contributed by atoms with Crippen LogP contribution in [-0.2, 0) is 6.42 Å². The molecule has 0 bridgehead atoms. The van der Waals surface area contributed by atoms with E-state index in [1.54, 1.807) is 11.3 Å². The molecule has 0 radical (unpaired) electrons. The second-order valence-corrected chi connectivity index (χ2v) is 7.70. The van der Waals surface area contributed by atoms with Gasteiger partial charge in [-0.15, -0.1) is 11.3 Å². The second kappa shape index (κ2) is 4.25. The lowest BCUT2D eigenvalue weighted by molar-refractivity contribution is -0.0518. The number of imidazole rings is 1. The van der Waals surface area contributed by atoms with Gasteiger partial charge in [-0.3, -0.25) is 4.40 Å². The summed E-state index contributed by atoms with van der Waals surface area (Å²) in [4.78, 5) is 5.60. The molecule has 1 atom stereocenters. The van der Waals surface area contributed by atoms with Crippen LogP contribution in [0.2, 0.25) is 0 Å². The Bertz CT molecular complexity index is 532. The molecule has 3 rings (SSSR count). The Hall–Kier alpha value is -0.520. The minimum Gasteiger partial charge on any atom is -0.388 e. The zero-order valence-corrected chi connectivity index (χ0v) is 12.4. The molecular weight excluding hydrogens is 264 g/mol. The molecule has 98 valence electrons. The van der Waals surface area contributed by atoms with Gasteiger partial charge in [0.15, 0.2) is 4.96 Å². The maximum atomic E-state index is 10.9. The van der Waals surface area contributed by atoms with Gasteiger partial charge in [0.1, 0.15) is 0 Å². The molecule has 3 heterocycles. The third-order valence-electron chi connectivity index (χ3n) is 4.09. The van der Waals surface area contributed by atoms with Gasteiger partial charge in [0, 0.05) is 29.9 Å². The highest BCUT2D eigenvalue weighted by molar-refractivity contribution is 7.99. The number of aromatic nitrogens is 2. The first-order chi connectivity index (χ1) is 8.50. The zero-order valence-electron chi connectivity index (χ0n) is 10.7. The van der Waals surface area contributed by atoms with Crippen molar-refractivity contribution in [1.82, 2.24) is 9.38 Å². The van der Waals surface area contributed by atoms with Crippen molar-refractivity contribution in [2.24, 2.45) is 5.41 Å². The summed E-state index contributed by atoms with van der Waals surface area (Å²) in [6.07, 6.45) is 5.78. The summed E-state index contributed by atoms with van der Waals surface area (Å²) in [6, 6.07) is 0. The van der Waals surface area contributed by atoms with E-state index in [0.717, 1.165) is 28.6 Å². The molecule has 1 aliphatic rings. The molecule has 1 saturated heterocycles. The monoisotopic (exact) mass is 282 g/mol. The smallest absolute Gasteiger partial charge is 0.193 e. The van der Waals surface area contributed by atoms with Crippen molar-refractivity contribution < 1.29 is 5.11 Å². The normalized spacial score (nSPS) is 27.7. The van der Waals surface area contributed by atoms with E-state index in [4.69, 9.17) is 0 Å². The van der Waals surface area contributed by atoms with E-state index in [1.807, 2.05) is 33.9 Å². The lowest BCUT2D eigenvalue weighted by Gasteiger charge is -2.46. The van der Waals surface area contributed by atoms with Crippen LogP contribution < -0.4 is 0 Å². The molecule has 3 nitrogen and oxygen atoms in total. The largest absolute Gasteiger partial charge is 0.388 e. The maximum Gasteiger partial charge on any atom is 0.193 e. The van der Waals surface area contributed by atoms with Gasteiger partial charge in [0.05, 0.1) is 11.3 Å². The molecule has 1 unspecified atom stereocenters. The van der Waals surface area contributed by atoms with Gasteiger partial charge in [-0.2, -0.15) is 11.8 Å². The first kappa shape index (κ1) is 12.5. The number of thiazole rings is 1. The minimum atomic E-state index is -0.639. The van der Waals surface area contributed by atoms with E-state index < -0.39 is 5.60 Å². The third-order valence-corrected chi connectivity index (χ3v) is 6.03. The Balaban J connectivity index is 1.88. The average molecular weight is 282 g/mol. The fourth-order valence-corrected chi connectivity index (χ4v) is 4.80. The van der Waals surface area contributed by atoms with Gasteiger partial charge >= 0.3 is 0 Å². The van der Waals surface area contributed by atoms with Crippen molar-refractivity contribution in [1.29, 1.82) is 0 Å². The first-order valence-electron chi connectivity index (χ1n) is 6.21. The average Bonchev–Trinajstić information content (AvgIpc) is 2.83. The van der Waals surface area contributed by atoms with Crippen molar-refractivity contribution >= 4 is 28.1 Å². The highest BCUT2D eigenvalue weighted by Gasteiger charge is 2.45. The number of aliphatic hydroxyl groups is 1. The van der Waals surface area contributed by atoms with Crippen LogP contribution in [0.15, 0.2) is 17.8 Å². The highest BCUT2D eigenvalue weighted by Crippen LogP contribution is 2.43. The molecule has 5 heteroatoms. The Morgan fingerprint density at radius 2 is 2.33 bits per heavy atom. The van der Waals surface area contributed by atoms with Gasteiger partial charge < -0.3 is 5.11 Å². The Morgan fingerprint density at radius 3 is 3.06 bits per heavy atom. The lowest BCUT2D eigenvalue weighted by atomic mass is 9.71. The molecule has 0 aromatic carbocycles. The number of rotatable bonds is 2. The van der Waals surface area contributed by atoms with E-state index in [2.05, 4.69) is 18.8 Å². The molecule has 0 spiro atoms. The quantitative estimate of drug-likeness (QED) is 0.920. The van der Waals surface area contributed by atoms with Crippen molar-refractivity contribution in [3.05, 3.63) is 23.5 Å². The summed E-state index contributed by atoms with van der Waals surface area (Å²) in [5.41, 5.74) is 0.329. The van der Waals surface area contributed by atoms with Crippen LogP contribution in [0.1, 0.15) is 26.0 Å². The SMILES string of the molecule is CC1(C)CCSCC1(O)Cc1cn2ccsc2n1. The van der Waals surface area contributed by atoms with E-state index in [1.165, 1.54) is 0 Å². The first-order valence-corrected chi connectivity index (χ1v) is 8.25. The van der Waals surface area contributed by atoms with Gasteiger partial charge in [-0.25, -0.2) is 4.98 Å². The van der Waals surface area contributed by atoms with Crippen LogP contribution in [0.25, 0.3) is 4.96 Å². The van der Waals surface area contributed by atoms with Gasteiger partial charge in [-0.05, 0) is 17.6 Å². The topological polar surface area (TPSA) is 37.5 Å². The molecule has 2 aromatic rings. The van der Waals surface area contributed by atoms with E-state index in [-0.39, 0.29) is 5.41 Å². The van der Waals surface area contributed by atoms with Crippen LogP contribution >= 0.6 is 23.1 Å². The van der Waals surface area contributed by atoms with Crippen LogP contribution in [-0.4, -0.2) is 31.6 Å². The number of thioether (sulfide) groups is 1. The summed E-state index contributed by atoms with van der Waals surface area (Å²) in [5.74, 6) is 1.96. The second-order valence-electron chi connectivity index (χ2n) is 5.72. The Labute approximate surface area is 115 Å². The predicted molar refractivity (Wildman–Crippen MR) is 77.4 cm³/mol. The van der Waals surface area contributed by atoms with Crippen LogP contribution in [0, 0.1) is 5.41 Å². The highest BCUT2D eigenvalue weighted by atomic mass is 32.2. The van der Waals surface area contributed by atoms with Crippen molar-refractivity contribution in [3.63, 3.8) is 0 Å². The van der Waals surface area contributed by atoms with Crippen LogP contribution in [0.3, 0.4) is 0 Å². The van der Waals surface area contributed by atoms with Crippen molar-refractivity contribution in [3.8, 4) is 0 Å². The van der Waals surface area contributed by atoms with Gasteiger partial charge in [-0.1, -0.05) is 13.8 Å². The molecule has 1 aliphatic heterocycles. The van der Waals surface area contributed by atoms with Gasteiger partial charge in [0.2, 0.25) is 0 Å². The predicted octanol–water partition coefficient (Wildman–Crippen LogP) is 2.83. The lowest BCUT2D eigenvalue weighted by Crippen LogP contribution is -2.51. The minimum absolute atomic E-state index is 0.0324. The van der Waals surface area contributed by atoms with Crippen molar-refractivity contribution in [2.45, 2.75) is 32.3 Å². The number of fused-ring (bicyclic) bond motifs is 1. The van der Waals surface area contributed by atoms with Gasteiger partial charge in [0.25, 0.3) is 0 Å². The summed E-state index contributed by atoms with van der Waals surface area (Å²) >= 11 is 3.48. The molecule has 2 aromatic heterocycles. The third kappa shape index (κ3) is 1.98. The molecule has 1 fully saturated rings. The van der Waals surface area contributed by atoms with E-state index in [0.29, 0.717) is 6.42 Å². The van der Waals surface area contributed by atoms with E-state index in [9.17, 15) is 5.11 Å². The molecule has 0 saturated carbocycles. The molecule has 18 heavy (non-hydrogen) atoms. The summed E-state index contributed by atoms with van der Waals surface area (Å²) < 4.78 is 2.03. The van der Waals surface area contributed by atoms with E-state index >= 15 is 0 Å². The molecule has 0 amide bonds. The summed E-state index contributed by atoms with van der Waals surface area (Å²) in [7, 11) is 0. The fraction of sp³-hybridized carbons (Fsp3) is 0.615. The molecule has 0 aliphatic carbocycles. The van der Waals surface area contributed by atoms with Crippen LogP contribution in [0.4, 0.5) is 0 Å². The summed E-state index contributed by atoms with van der Waals surface area (Å²) in [6.45, 7) is 4.34. The Kier molecular flexibility index (Phi) is 2.95. The molecular formula is C13H18N2OS2. The van der Waals surface area contributed by atoms with Crippen LogP contribution in [0.5, 0.6) is 0 Å². The number of nitrogens with zero attached hydrogens (tertiary/aromatic N) is 2. The Morgan fingerprint density at radius 1 is 1.50 bits per heavy atom. The maximum absolute atomic E-state index is 10.9. The fourth-order valence-electron chi connectivity index (χ4n) is 2.45. The number of hydrogen-bond acceptors (Lipinski definition) is 4. The summed E-state index contributed by atoms with van der Waals surface area (Å²) in [5, 5.41) is 13.0. The molecule has 1 N–H and O–H groups in total. The van der Waals surface area contributed by atoms with Crippen molar-refractivity contribution in [2.75, 3.05) is 11.5 Å². The zero-order chi connectivity index (χ0) is 12.8.